The lowest BCUT2D eigenvalue weighted by Gasteiger charge is -2.33. The minimum absolute atomic E-state index is 0.00786. The van der Waals surface area contributed by atoms with Crippen LogP contribution in [0, 0.1) is 5.92 Å². The normalized spacial score (nSPS) is 18.9. The number of hydrogen-bond donors (Lipinski definition) is 1. The number of methoxy groups -OCH3 is 1. The van der Waals surface area contributed by atoms with Gasteiger partial charge in [-0.1, -0.05) is 11.6 Å². The van der Waals surface area contributed by atoms with E-state index in [4.69, 9.17) is 4.74 Å². The van der Waals surface area contributed by atoms with Gasteiger partial charge in [0.2, 0.25) is 5.91 Å². The summed E-state index contributed by atoms with van der Waals surface area (Å²) in [5.41, 5.74) is 3.40. The van der Waals surface area contributed by atoms with Crippen molar-refractivity contribution in [2.24, 2.45) is 5.92 Å². The summed E-state index contributed by atoms with van der Waals surface area (Å²) >= 11 is 0. The molecule has 1 amide bonds. The second kappa shape index (κ2) is 10.4. The summed E-state index contributed by atoms with van der Waals surface area (Å²) < 4.78 is 5.24. The largest absolute Gasteiger partial charge is 0.497 e. The lowest BCUT2D eigenvalue weighted by atomic mass is 9.96. The molecule has 1 aliphatic heterocycles. The molecule has 1 N–H and O–H groups in total. The van der Waals surface area contributed by atoms with E-state index in [9.17, 15) is 4.79 Å². The van der Waals surface area contributed by atoms with Crippen LogP contribution in [0.2, 0.25) is 0 Å². The number of nitrogens with zero attached hydrogens (tertiary/aromatic N) is 3. The fourth-order valence-electron chi connectivity index (χ4n) is 4.46. The molecule has 1 saturated heterocycles. The molecule has 6 heteroatoms. The van der Waals surface area contributed by atoms with Crippen molar-refractivity contribution >= 4 is 11.7 Å². The van der Waals surface area contributed by atoms with Crippen LogP contribution < -0.4 is 15.0 Å². The molecule has 31 heavy (non-hydrogen) atoms. The number of carbonyl (C=O) groups excluding carboxylic acids is 1. The van der Waals surface area contributed by atoms with Gasteiger partial charge in [-0.3, -0.25) is 4.79 Å². The van der Waals surface area contributed by atoms with E-state index in [0.717, 1.165) is 55.2 Å². The predicted molar refractivity (Wildman–Crippen MR) is 123 cm³/mol. The molecule has 1 fully saturated rings. The number of aromatic nitrogens is 2. The maximum absolute atomic E-state index is 12.8. The zero-order valence-corrected chi connectivity index (χ0v) is 18.3. The van der Waals surface area contributed by atoms with E-state index in [1.54, 1.807) is 13.4 Å². The molecule has 164 valence electrons. The highest BCUT2D eigenvalue weighted by Gasteiger charge is 2.26. The van der Waals surface area contributed by atoms with Gasteiger partial charge in [-0.15, -0.1) is 0 Å². The summed E-state index contributed by atoms with van der Waals surface area (Å²) in [4.78, 5) is 23.9. The van der Waals surface area contributed by atoms with Crippen molar-refractivity contribution in [3.63, 3.8) is 0 Å². The van der Waals surface area contributed by atoms with Gasteiger partial charge in [0.1, 0.15) is 17.9 Å². The van der Waals surface area contributed by atoms with Gasteiger partial charge in [0.25, 0.3) is 0 Å². The van der Waals surface area contributed by atoms with E-state index in [1.165, 1.54) is 31.3 Å². The molecule has 0 saturated carbocycles. The highest BCUT2D eigenvalue weighted by molar-refractivity contribution is 5.79. The zero-order chi connectivity index (χ0) is 21.5. The fourth-order valence-corrected chi connectivity index (χ4v) is 4.46. The van der Waals surface area contributed by atoms with Crippen molar-refractivity contribution in [3.8, 4) is 17.0 Å². The second-order valence-electron chi connectivity index (χ2n) is 8.42. The Morgan fingerprint density at radius 3 is 2.84 bits per heavy atom. The minimum atomic E-state index is 0.00786. The molecule has 6 nitrogen and oxygen atoms in total. The topological polar surface area (TPSA) is 67.3 Å². The van der Waals surface area contributed by atoms with Crippen molar-refractivity contribution in [1.82, 2.24) is 15.3 Å². The molecule has 4 rings (SSSR count). The maximum Gasteiger partial charge on any atom is 0.224 e. The summed E-state index contributed by atoms with van der Waals surface area (Å²) in [6.07, 6.45) is 11.8. The number of amides is 1. The molecule has 0 bridgehead atoms. The smallest absolute Gasteiger partial charge is 0.224 e. The molecule has 1 unspecified atom stereocenters. The van der Waals surface area contributed by atoms with Gasteiger partial charge in [0.15, 0.2) is 0 Å². The Morgan fingerprint density at radius 2 is 2.06 bits per heavy atom. The van der Waals surface area contributed by atoms with Crippen LogP contribution in [0.15, 0.2) is 48.3 Å². The fraction of sp³-hybridized carbons (Fsp3) is 0.480. The van der Waals surface area contributed by atoms with Crippen LogP contribution >= 0.6 is 0 Å². The molecule has 1 atom stereocenters. The van der Waals surface area contributed by atoms with Crippen LogP contribution in [0.25, 0.3) is 11.3 Å². The number of rotatable bonds is 7. The van der Waals surface area contributed by atoms with Crippen LogP contribution in [-0.4, -0.2) is 42.6 Å². The van der Waals surface area contributed by atoms with Gasteiger partial charge in [0, 0.05) is 31.3 Å². The van der Waals surface area contributed by atoms with Crippen LogP contribution in [-0.2, 0) is 4.79 Å². The van der Waals surface area contributed by atoms with Crippen molar-refractivity contribution in [1.29, 1.82) is 0 Å². The Labute approximate surface area is 184 Å². The zero-order valence-electron chi connectivity index (χ0n) is 18.3. The van der Waals surface area contributed by atoms with Crippen molar-refractivity contribution < 1.29 is 9.53 Å². The SMILES string of the molecule is COc1ccc(-c2cc(N3CCCC(C(=O)NCCC4=CCCCC4)C3)ncn2)cc1. The number of hydrogen-bond acceptors (Lipinski definition) is 5. The average Bonchev–Trinajstić information content (AvgIpc) is 2.85. The first-order chi connectivity index (χ1) is 15.2. The molecular formula is C25H32N4O2. The summed E-state index contributed by atoms with van der Waals surface area (Å²) in [5.74, 6) is 1.88. The highest BCUT2D eigenvalue weighted by atomic mass is 16.5. The third kappa shape index (κ3) is 5.63. The third-order valence-electron chi connectivity index (χ3n) is 6.28. The van der Waals surface area contributed by atoms with Gasteiger partial charge in [-0.05, 0) is 69.2 Å². The number of ether oxygens (including phenoxy) is 1. The molecule has 2 aromatic rings. The van der Waals surface area contributed by atoms with Gasteiger partial charge in [-0.2, -0.15) is 0 Å². The molecular weight excluding hydrogens is 388 g/mol. The molecule has 2 heterocycles. The van der Waals surface area contributed by atoms with E-state index in [-0.39, 0.29) is 11.8 Å². The lowest BCUT2D eigenvalue weighted by Crippen LogP contribution is -2.43. The molecule has 1 aliphatic carbocycles. The highest BCUT2D eigenvalue weighted by Crippen LogP contribution is 2.26. The van der Waals surface area contributed by atoms with E-state index in [0.29, 0.717) is 6.54 Å². The van der Waals surface area contributed by atoms with Crippen LogP contribution in [0.1, 0.15) is 44.9 Å². The van der Waals surface area contributed by atoms with E-state index in [1.807, 2.05) is 30.3 Å². The Hall–Kier alpha value is -2.89. The Balaban J connectivity index is 1.35. The molecule has 1 aromatic carbocycles. The number of allylic oxidation sites excluding steroid dienone is 1. The molecule has 2 aliphatic rings. The Bertz CT molecular complexity index is 910. The van der Waals surface area contributed by atoms with Crippen LogP contribution in [0.5, 0.6) is 5.75 Å². The first-order valence-corrected chi connectivity index (χ1v) is 11.4. The standard InChI is InChI=1S/C25H32N4O2/c1-31-22-11-9-20(10-12-22)23-16-24(28-18-27-23)29-15-5-8-21(17-29)25(30)26-14-13-19-6-3-2-4-7-19/h6,9-12,16,18,21H,2-5,7-8,13-15,17H2,1H3,(H,26,30). The summed E-state index contributed by atoms with van der Waals surface area (Å²) in [5, 5.41) is 3.17. The van der Waals surface area contributed by atoms with E-state index in [2.05, 4.69) is 26.3 Å². The maximum atomic E-state index is 12.8. The van der Waals surface area contributed by atoms with E-state index < -0.39 is 0 Å². The predicted octanol–water partition coefficient (Wildman–Crippen LogP) is 4.38. The first-order valence-electron chi connectivity index (χ1n) is 11.4. The van der Waals surface area contributed by atoms with Gasteiger partial charge < -0.3 is 15.0 Å². The number of nitrogens with one attached hydrogen (secondary N) is 1. The number of carbonyl (C=O) groups is 1. The minimum Gasteiger partial charge on any atom is -0.497 e. The first kappa shape index (κ1) is 21.3. The molecule has 0 radical (unpaired) electrons. The summed E-state index contributed by atoms with van der Waals surface area (Å²) in [6, 6.07) is 9.87. The van der Waals surface area contributed by atoms with Crippen molar-refractivity contribution in [2.45, 2.75) is 44.9 Å². The van der Waals surface area contributed by atoms with Gasteiger partial charge in [0.05, 0.1) is 18.7 Å². The average molecular weight is 421 g/mol. The number of piperidine rings is 1. The quantitative estimate of drug-likeness (QED) is 0.674. The van der Waals surface area contributed by atoms with Crippen LogP contribution in [0.3, 0.4) is 0 Å². The summed E-state index contributed by atoms with van der Waals surface area (Å²) in [7, 11) is 1.66. The van der Waals surface area contributed by atoms with Gasteiger partial charge in [-0.25, -0.2) is 9.97 Å². The Kier molecular flexibility index (Phi) is 7.18. The number of anilines is 1. The molecule has 0 spiro atoms. The Morgan fingerprint density at radius 1 is 1.19 bits per heavy atom. The van der Waals surface area contributed by atoms with Gasteiger partial charge >= 0.3 is 0 Å². The van der Waals surface area contributed by atoms with Crippen molar-refractivity contribution in [3.05, 3.63) is 48.3 Å². The number of benzene rings is 1. The third-order valence-corrected chi connectivity index (χ3v) is 6.28. The summed E-state index contributed by atoms with van der Waals surface area (Å²) in [6.45, 7) is 2.36. The van der Waals surface area contributed by atoms with E-state index >= 15 is 0 Å². The van der Waals surface area contributed by atoms with Crippen molar-refractivity contribution in [2.75, 3.05) is 31.6 Å². The molecule has 1 aromatic heterocycles. The monoisotopic (exact) mass is 420 g/mol. The lowest BCUT2D eigenvalue weighted by molar-refractivity contribution is -0.125. The van der Waals surface area contributed by atoms with Crippen LogP contribution in [0.4, 0.5) is 5.82 Å². The second-order valence-corrected chi connectivity index (χ2v) is 8.42.